The standard InChI is InChI=1S/C10H17F3N2O/c11-10(12,13)8-4-1-2-7-15(8)9(16)5-3-6-14/h8H,1-7,14H2. The van der Waals surface area contributed by atoms with Crippen molar-refractivity contribution in [1.82, 2.24) is 4.90 Å². The predicted octanol–water partition coefficient (Wildman–Crippen LogP) is 1.67. The van der Waals surface area contributed by atoms with Crippen LogP contribution in [0.15, 0.2) is 0 Å². The molecule has 1 atom stereocenters. The third-order valence-corrected chi connectivity index (χ3v) is 2.80. The number of hydrogen-bond donors (Lipinski definition) is 1. The van der Waals surface area contributed by atoms with E-state index in [-0.39, 0.29) is 19.4 Å². The van der Waals surface area contributed by atoms with Gasteiger partial charge in [-0.15, -0.1) is 0 Å². The molecule has 1 aliphatic rings. The minimum absolute atomic E-state index is 0.0257. The molecule has 1 amide bonds. The zero-order chi connectivity index (χ0) is 12.2. The lowest BCUT2D eigenvalue weighted by Gasteiger charge is -2.36. The highest BCUT2D eigenvalue weighted by Gasteiger charge is 2.45. The van der Waals surface area contributed by atoms with E-state index in [1.54, 1.807) is 0 Å². The van der Waals surface area contributed by atoms with E-state index < -0.39 is 18.1 Å². The van der Waals surface area contributed by atoms with Crippen LogP contribution >= 0.6 is 0 Å². The number of halogens is 3. The quantitative estimate of drug-likeness (QED) is 0.813. The molecule has 0 aliphatic carbocycles. The summed E-state index contributed by atoms with van der Waals surface area (Å²) in [4.78, 5) is 12.6. The Bertz CT molecular complexity index is 243. The maximum absolute atomic E-state index is 12.7. The molecule has 1 unspecified atom stereocenters. The van der Waals surface area contributed by atoms with Crippen LogP contribution in [-0.2, 0) is 4.79 Å². The molecule has 16 heavy (non-hydrogen) atoms. The van der Waals surface area contributed by atoms with Crippen LogP contribution in [0.5, 0.6) is 0 Å². The van der Waals surface area contributed by atoms with Gasteiger partial charge in [-0.3, -0.25) is 4.79 Å². The van der Waals surface area contributed by atoms with Gasteiger partial charge in [-0.2, -0.15) is 13.2 Å². The molecule has 1 fully saturated rings. The predicted molar refractivity (Wildman–Crippen MR) is 53.7 cm³/mol. The molecular weight excluding hydrogens is 221 g/mol. The van der Waals surface area contributed by atoms with E-state index >= 15 is 0 Å². The number of piperidine rings is 1. The summed E-state index contributed by atoms with van der Waals surface area (Å²) in [6.07, 6.45) is -2.54. The zero-order valence-corrected chi connectivity index (χ0v) is 9.09. The molecule has 0 spiro atoms. The Morgan fingerprint density at radius 1 is 1.38 bits per heavy atom. The van der Waals surface area contributed by atoms with E-state index in [0.717, 1.165) is 4.90 Å². The average molecular weight is 238 g/mol. The number of rotatable bonds is 3. The van der Waals surface area contributed by atoms with Crippen molar-refractivity contribution in [2.24, 2.45) is 5.73 Å². The lowest BCUT2D eigenvalue weighted by atomic mass is 10.0. The third kappa shape index (κ3) is 3.37. The van der Waals surface area contributed by atoms with Crippen molar-refractivity contribution in [3.63, 3.8) is 0 Å². The van der Waals surface area contributed by atoms with E-state index in [0.29, 0.717) is 25.8 Å². The van der Waals surface area contributed by atoms with Crippen LogP contribution in [0.4, 0.5) is 13.2 Å². The van der Waals surface area contributed by atoms with Crippen LogP contribution in [0.1, 0.15) is 32.1 Å². The third-order valence-electron chi connectivity index (χ3n) is 2.80. The first-order chi connectivity index (χ1) is 7.46. The van der Waals surface area contributed by atoms with Gasteiger partial charge in [0.2, 0.25) is 5.91 Å². The first-order valence-corrected chi connectivity index (χ1v) is 5.53. The second-order valence-corrected chi connectivity index (χ2v) is 4.03. The lowest BCUT2D eigenvalue weighted by molar-refractivity contribution is -0.196. The lowest BCUT2D eigenvalue weighted by Crippen LogP contribution is -2.51. The summed E-state index contributed by atoms with van der Waals surface area (Å²) in [7, 11) is 0. The van der Waals surface area contributed by atoms with Gasteiger partial charge in [-0.05, 0) is 32.2 Å². The summed E-state index contributed by atoms with van der Waals surface area (Å²) in [5, 5.41) is 0. The summed E-state index contributed by atoms with van der Waals surface area (Å²) in [5.41, 5.74) is 5.23. The molecule has 94 valence electrons. The first kappa shape index (κ1) is 13.3. The highest BCUT2D eigenvalue weighted by Crippen LogP contribution is 2.32. The molecule has 1 aliphatic heterocycles. The van der Waals surface area contributed by atoms with Gasteiger partial charge < -0.3 is 10.6 Å². The van der Waals surface area contributed by atoms with Gasteiger partial charge in [0.15, 0.2) is 0 Å². The molecule has 0 radical (unpaired) electrons. The number of hydrogen-bond acceptors (Lipinski definition) is 2. The second-order valence-electron chi connectivity index (χ2n) is 4.03. The van der Waals surface area contributed by atoms with Gasteiger partial charge in [0.25, 0.3) is 0 Å². The summed E-state index contributed by atoms with van der Waals surface area (Å²) in [6.45, 7) is 0.545. The Morgan fingerprint density at radius 3 is 2.62 bits per heavy atom. The monoisotopic (exact) mass is 238 g/mol. The normalized spacial score (nSPS) is 22.2. The fourth-order valence-electron chi connectivity index (χ4n) is 1.97. The second kappa shape index (κ2) is 5.52. The Labute approximate surface area is 92.8 Å². The number of alkyl halides is 3. The fraction of sp³-hybridized carbons (Fsp3) is 0.900. The molecular formula is C10H17F3N2O. The Hall–Kier alpha value is -0.780. The zero-order valence-electron chi connectivity index (χ0n) is 9.09. The average Bonchev–Trinajstić information content (AvgIpc) is 2.24. The van der Waals surface area contributed by atoms with Gasteiger partial charge in [0, 0.05) is 13.0 Å². The van der Waals surface area contributed by atoms with Crippen LogP contribution in [0.3, 0.4) is 0 Å². The summed E-state index contributed by atoms with van der Waals surface area (Å²) < 4.78 is 38.0. The smallest absolute Gasteiger partial charge is 0.331 e. The minimum atomic E-state index is -4.31. The highest BCUT2D eigenvalue weighted by atomic mass is 19.4. The Balaban J connectivity index is 2.63. The molecule has 0 bridgehead atoms. The van der Waals surface area contributed by atoms with Gasteiger partial charge in [0.05, 0.1) is 0 Å². The molecule has 0 aromatic heterocycles. The van der Waals surface area contributed by atoms with E-state index in [2.05, 4.69) is 0 Å². The number of nitrogens with two attached hydrogens (primary N) is 1. The number of carbonyl (C=O) groups is 1. The van der Waals surface area contributed by atoms with Crippen molar-refractivity contribution in [2.75, 3.05) is 13.1 Å². The molecule has 6 heteroatoms. The van der Waals surface area contributed by atoms with Gasteiger partial charge in [-0.1, -0.05) is 0 Å². The number of amides is 1. The molecule has 3 nitrogen and oxygen atoms in total. The van der Waals surface area contributed by atoms with Gasteiger partial charge in [-0.25, -0.2) is 0 Å². The number of carbonyl (C=O) groups excluding carboxylic acids is 1. The molecule has 0 aromatic rings. The molecule has 1 saturated heterocycles. The number of nitrogens with zero attached hydrogens (tertiary/aromatic N) is 1. The maximum atomic E-state index is 12.7. The van der Waals surface area contributed by atoms with Crippen LogP contribution in [0, 0.1) is 0 Å². The fourth-order valence-corrected chi connectivity index (χ4v) is 1.97. The van der Waals surface area contributed by atoms with Gasteiger partial charge in [0.1, 0.15) is 6.04 Å². The van der Waals surface area contributed by atoms with Gasteiger partial charge >= 0.3 is 6.18 Å². The molecule has 0 saturated carbocycles. The van der Waals surface area contributed by atoms with Crippen molar-refractivity contribution in [3.05, 3.63) is 0 Å². The molecule has 0 aromatic carbocycles. The van der Waals surface area contributed by atoms with E-state index in [9.17, 15) is 18.0 Å². The first-order valence-electron chi connectivity index (χ1n) is 5.53. The van der Waals surface area contributed by atoms with E-state index in [1.807, 2.05) is 0 Å². The van der Waals surface area contributed by atoms with Crippen molar-refractivity contribution in [1.29, 1.82) is 0 Å². The van der Waals surface area contributed by atoms with E-state index in [4.69, 9.17) is 5.73 Å². The minimum Gasteiger partial charge on any atom is -0.331 e. The van der Waals surface area contributed by atoms with Crippen LogP contribution in [0.2, 0.25) is 0 Å². The Morgan fingerprint density at radius 2 is 2.06 bits per heavy atom. The molecule has 2 N–H and O–H groups in total. The summed E-state index contributed by atoms with van der Waals surface area (Å²) in [5.74, 6) is -0.424. The van der Waals surface area contributed by atoms with E-state index in [1.165, 1.54) is 0 Å². The SMILES string of the molecule is NCCCC(=O)N1CCCCC1C(F)(F)F. The van der Waals surface area contributed by atoms with Crippen LogP contribution in [-0.4, -0.2) is 36.1 Å². The Kier molecular flexibility index (Phi) is 4.58. The number of likely N-dealkylation sites (tertiary alicyclic amines) is 1. The van der Waals surface area contributed by atoms with Crippen molar-refractivity contribution < 1.29 is 18.0 Å². The van der Waals surface area contributed by atoms with Crippen LogP contribution in [0.25, 0.3) is 0 Å². The highest BCUT2D eigenvalue weighted by molar-refractivity contribution is 5.76. The summed E-state index contributed by atoms with van der Waals surface area (Å²) in [6, 6.07) is -1.59. The van der Waals surface area contributed by atoms with Crippen molar-refractivity contribution in [2.45, 2.75) is 44.3 Å². The topological polar surface area (TPSA) is 46.3 Å². The maximum Gasteiger partial charge on any atom is 0.408 e. The summed E-state index contributed by atoms with van der Waals surface area (Å²) >= 11 is 0. The molecule has 1 heterocycles. The van der Waals surface area contributed by atoms with Crippen molar-refractivity contribution >= 4 is 5.91 Å². The van der Waals surface area contributed by atoms with Crippen LogP contribution < -0.4 is 5.73 Å². The largest absolute Gasteiger partial charge is 0.408 e. The molecule has 1 rings (SSSR count). The van der Waals surface area contributed by atoms with Crippen molar-refractivity contribution in [3.8, 4) is 0 Å².